The lowest BCUT2D eigenvalue weighted by Crippen LogP contribution is -2.33. The number of ether oxygens (including phenoxy) is 1. The number of benzene rings is 1. The molecule has 1 aliphatic heterocycles. The molecule has 2 amide bonds. The SMILES string of the molecule is CC(=O)Nc1ccc2c(c1)NC(=O)C(C)(C)CO2. The molecule has 0 fully saturated rings. The van der Waals surface area contributed by atoms with Crippen molar-refractivity contribution in [1.82, 2.24) is 0 Å². The molecule has 0 unspecified atom stereocenters. The van der Waals surface area contributed by atoms with Gasteiger partial charge in [0.15, 0.2) is 0 Å². The maximum atomic E-state index is 12.0. The van der Waals surface area contributed by atoms with Crippen molar-refractivity contribution in [3.63, 3.8) is 0 Å². The van der Waals surface area contributed by atoms with E-state index in [2.05, 4.69) is 10.6 Å². The van der Waals surface area contributed by atoms with Crippen LogP contribution in [0, 0.1) is 5.41 Å². The van der Waals surface area contributed by atoms with E-state index in [0.29, 0.717) is 23.7 Å². The topological polar surface area (TPSA) is 67.4 Å². The van der Waals surface area contributed by atoms with Crippen LogP contribution in [0.5, 0.6) is 5.75 Å². The summed E-state index contributed by atoms with van der Waals surface area (Å²) in [4.78, 5) is 22.9. The third-order valence-corrected chi connectivity index (χ3v) is 2.75. The van der Waals surface area contributed by atoms with Crippen LogP contribution in [0.15, 0.2) is 18.2 Å². The predicted octanol–water partition coefficient (Wildman–Crippen LogP) is 2.00. The number of fused-ring (bicyclic) bond motifs is 1. The van der Waals surface area contributed by atoms with Crippen LogP contribution in [-0.2, 0) is 9.59 Å². The molecule has 0 saturated heterocycles. The largest absolute Gasteiger partial charge is 0.490 e. The minimum atomic E-state index is -0.576. The van der Waals surface area contributed by atoms with Crippen molar-refractivity contribution in [1.29, 1.82) is 0 Å². The minimum Gasteiger partial charge on any atom is -0.490 e. The van der Waals surface area contributed by atoms with Gasteiger partial charge >= 0.3 is 0 Å². The quantitative estimate of drug-likeness (QED) is 0.798. The van der Waals surface area contributed by atoms with Crippen LogP contribution in [0.4, 0.5) is 11.4 Å². The summed E-state index contributed by atoms with van der Waals surface area (Å²) in [6.45, 7) is 5.40. The van der Waals surface area contributed by atoms with Crippen molar-refractivity contribution in [2.45, 2.75) is 20.8 Å². The third-order valence-electron chi connectivity index (χ3n) is 2.75. The second-order valence-corrected chi connectivity index (χ2v) is 5.02. The molecule has 5 nitrogen and oxygen atoms in total. The van der Waals surface area contributed by atoms with Crippen LogP contribution in [0.3, 0.4) is 0 Å². The molecule has 1 aromatic carbocycles. The van der Waals surface area contributed by atoms with Crippen LogP contribution in [-0.4, -0.2) is 18.4 Å². The minimum absolute atomic E-state index is 0.0961. The molecular weight excluding hydrogens is 232 g/mol. The zero-order valence-corrected chi connectivity index (χ0v) is 10.7. The van der Waals surface area contributed by atoms with E-state index in [1.54, 1.807) is 18.2 Å². The number of amides is 2. The molecule has 1 heterocycles. The maximum absolute atomic E-state index is 12.0. The first-order chi connectivity index (χ1) is 8.38. The Morgan fingerprint density at radius 3 is 2.83 bits per heavy atom. The van der Waals surface area contributed by atoms with Gasteiger partial charge in [0.25, 0.3) is 0 Å². The number of carbonyl (C=O) groups is 2. The Kier molecular flexibility index (Phi) is 2.98. The number of hydrogen-bond acceptors (Lipinski definition) is 3. The second-order valence-electron chi connectivity index (χ2n) is 5.02. The van der Waals surface area contributed by atoms with Crippen LogP contribution < -0.4 is 15.4 Å². The Morgan fingerprint density at radius 2 is 2.17 bits per heavy atom. The number of carbonyl (C=O) groups excluding carboxylic acids is 2. The monoisotopic (exact) mass is 248 g/mol. The lowest BCUT2D eigenvalue weighted by molar-refractivity contribution is -0.125. The molecule has 2 rings (SSSR count). The summed E-state index contributed by atoms with van der Waals surface area (Å²) in [5.74, 6) is 0.361. The third kappa shape index (κ3) is 2.45. The second kappa shape index (κ2) is 4.33. The van der Waals surface area contributed by atoms with Crippen LogP contribution >= 0.6 is 0 Å². The fourth-order valence-electron chi connectivity index (χ4n) is 1.65. The molecule has 0 aliphatic carbocycles. The highest BCUT2D eigenvalue weighted by Gasteiger charge is 2.32. The molecule has 0 spiro atoms. The van der Waals surface area contributed by atoms with E-state index in [9.17, 15) is 9.59 Å². The van der Waals surface area contributed by atoms with Gasteiger partial charge in [-0.25, -0.2) is 0 Å². The Labute approximate surface area is 106 Å². The molecule has 96 valence electrons. The van der Waals surface area contributed by atoms with E-state index in [-0.39, 0.29) is 11.8 Å². The summed E-state index contributed by atoms with van der Waals surface area (Å²) in [7, 11) is 0. The number of anilines is 2. The summed E-state index contributed by atoms with van der Waals surface area (Å²) in [6, 6.07) is 5.17. The summed E-state index contributed by atoms with van der Waals surface area (Å²) in [6.07, 6.45) is 0. The first-order valence-corrected chi connectivity index (χ1v) is 5.74. The van der Waals surface area contributed by atoms with Gasteiger partial charge in [0.1, 0.15) is 12.4 Å². The van der Waals surface area contributed by atoms with Gasteiger partial charge in [-0.1, -0.05) is 0 Å². The summed E-state index contributed by atoms with van der Waals surface area (Å²) >= 11 is 0. The molecular formula is C13H16N2O3. The van der Waals surface area contributed by atoms with Gasteiger partial charge in [-0.2, -0.15) is 0 Å². The highest BCUT2D eigenvalue weighted by Crippen LogP contribution is 2.34. The number of hydrogen-bond donors (Lipinski definition) is 2. The normalized spacial score (nSPS) is 16.9. The molecule has 0 aromatic heterocycles. The maximum Gasteiger partial charge on any atom is 0.233 e. The smallest absolute Gasteiger partial charge is 0.233 e. The molecule has 18 heavy (non-hydrogen) atoms. The van der Waals surface area contributed by atoms with Crippen molar-refractivity contribution >= 4 is 23.2 Å². The van der Waals surface area contributed by atoms with Crippen molar-refractivity contribution in [3.8, 4) is 5.75 Å². The molecule has 0 atom stereocenters. The van der Waals surface area contributed by atoms with Gasteiger partial charge in [-0.05, 0) is 32.0 Å². The van der Waals surface area contributed by atoms with Crippen LogP contribution in [0.1, 0.15) is 20.8 Å². The molecule has 5 heteroatoms. The van der Waals surface area contributed by atoms with E-state index in [1.165, 1.54) is 6.92 Å². The van der Waals surface area contributed by atoms with Gasteiger partial charge in [-0.3, -0.25) is 9.59 Å². The Bertz CT molecular complexity index is 509. The standard InChI is InChI=1S/C13H16N2O3/c1-8(16)14-9-4-5-11-10(6-9)15-12(17)13(2,3)7-18-11/h4-6H,7H2,1-3H3,(H,14,16)(H,15,17). The molecule has 0 radical (unpaired) electrons. The van der Waals surface area contributed by atoms with Crippen molar-refractivity contribution in [3.05, 3.63) is 18.2 Å². The highest BCUT2D eigenvalue weighted by molar-refractivity contribution is 5.98. The fraction of sp³-hybridized carbons (Fsp3) is 0.385. The van der Waals surface area contributed by atoms with Gasteiger partial charge in [0.05, 0.1) is 11.1 Å². The molecule has 0 bridgehead atoms. The molecule has 0 saturated carbocycles. The average molecular weight is 248 g/mol. The van der Waals surface area contributed by atoms with E-state index >= 15 is 0 Å². The first kappa shape index (κ1) is 12.4. The molecule has 1 aromatic rings. The van der Waals surface area contributed by atoms with Gasteiger partial charge in [0.2, 0.25) is 11.8 Å². The lowest BCUT2D eigenvalue weighted by atomic mass is 9.94. The van der Waals surface area contributed by atoms with Gasteiger partial charge < -0.3 is 15.4 Å². The Balaban J connectivity index is 2.31. The van der Waals surface area contributed by atoms with Crippen molar-refractivity contribution in [2.24, 2.45) is 5.41 Å². The van der Waals surface area contributed by atoms with Gasteiger partial charge in [0, 0.05) is 12.6 Å². The van der Waals surface area contributed by atoms with Crippen LogP contribution in [0.2, 0.25) is 0 Å². The average Bonchev–Trinajstić information content (AvgIpc) is 2.36. The number of nitrogens with one attached hydrogen (secondary N) is 2. The van der Waals surface area contributed by atoms with Crippen LogP contribution in [0.25, 0.3) is 0 Å². The predicted molar refractivity (Wildman–Crippen MR) is 68.7 cm³/mol. The zero-order chi connectivity index (χ0) is 13.3. The fourth-order valence-corrected chi connectivity index (χ4v) is 1.65. The Hall–Kier alpha value is -2.04. The van der Waals surface area contributed by atoms with E-state index in [4.69, 9.17) is 4.74 Å². The molecule has 2 N–H and O–H groups in total. The van der Waals surface area contributed by atoms with Crippen molar-refractivity contribution < 1.29 is 14.3 Å². The lowest BCUT2D eigenvalue weighted by Gasteiger charge is -2.18. The van der Waals surface area contributed by atoms with E-state index in [0.717, 1.165) is 0 Å². The first-order valence-electron chi connectivity index (χ1n) is 5.74. The zero-order valence-electron chi connectivity index (χ0n) is 10.7. The summed E-state index contributed by atoms with van der Waals surface area (Å²) in [5.41, 5.74) is 0.634. The van der Waals surface area contributed by atoms with E-state index in [1.807, 2.05) is 13.8 Å². The Morgan fingerprint density at radius 1 is 1.44 bits per heavy atom. The summed E-state index contributed by atoms with van der Waals surface area (Å²) in [5, 5.41) is 5.48. The number of rotatable bonds is 1. The summed E-state index contributed by atoms with van der Waals surface area (Å²) < 4.78 is 5.60. The molecule has 1 aliphatic rings. The highest BCUT2D eigenvalue weighted by atomic mass is 16.5. The van der Waals surface area contributed by atoms with E-state index < -0.39 is 5.41 Å². The van der Waals surface area contributed by atoms with Gasteiger partial charge in [-0.15, -0.1) is 0 Å². The van der Waals surface area contributed by atoms with Crippen molar-refractivity contribution in [2.75, 3.05) is 17.2 Å².